The number of pyridine rings is 1. The zero-order chi connectivity index (χ0) is 25.4. The van der Waals surface area contributed by atoms with Gasteiger partial charge in [-0.05, 0) is 35.2 Å². The molecule has 0 aliphatic carbocycles. The van der Waals surface area contributed by atoms with E-state index in [1.54, 1.807) is 6.20 Å². The Labute approximate surface area is 203 Å². The maximum absolute atomic E-state index is 13.1. The average Bonchev–Trinajstić information content (AvgIpc) is 3.19. The first-order valence-electron chi connectivity index (χ1n) is 11.1. The van der Waals surface area contributed by atoms with E-state index in [1.807, 2.05) is 55.5 Å². The number of alkyl halides is 3. The molecule has 0 bridgehead atoms. The largest absolute Gasteiger partial charge is 0.433 e. The van der Waals surface area contributed by atoms with Gasteiger partial charge in [0.25, 0.3) is 0 Å². The number of nitrogens with two attached hydrogens (primary N) is 1. The molecule has 3 heterocycles. The summed E-state index contributed by atoms with van der Waals surface area (Å²) in [5, 5.41) is 8.88. The zero-order valence-electron chi connectivity index (χ0n) is 19.2. The predicted octanol–water partition coefficient (Wildman–Crippen LogP) is 4.45. The van der Waals surface area contributed by atoms with E-state index < -0.39 is 17.6 Å². The van der Waals surface area contributed by atoms with Gasteiger partial charge in [0.05, 0.1) is 12.7 Å². The van der Waals surface area contributed by atoms with E-state index in [1.165, 1.54) is 15.3 Å². The summed E-state index contributed by atoms with van der Waals surface area (Å²) in [6.07, 6.45) is -1.82. The lowest BCUT2D eigenvalue weighted by molar-refractivity contribution is -0.141. The van der Waals surface area contributed by atoms with Crippen molar-refractivity contribution in [2.75, 3.05) is 0 Å². The highest BCUT2D eigenvalue weighted by Gasteiger charge is 2.32. The van der Waals surface area contributed by atoms with E-state index in [2.05, 4.69) is 15.2 Å². The fraction of sp³-hybridized carbons (Fsp3) is 0.154. The Hall–Kier alpha value is -4.31. The normalized spacial score (nSPS) is 11.8. The van der Waals surface area contributed by atoms with Crippen molar-refractivity contribution >= 4 is 5.65 Å². The first-order chi connectivity index (χ1) is 17.2. The quantitative estimate of drug-likeness (QED) is 0.393. The fourth-order valence-electron chi connectivity index (χ4n) is 3.97. The van der Waals surface area contributed by atoms with Crippen molar-refractivity contribution in [3.63, 3.8) is 0 Å². The minimum Gasteiger partial charge on any atom is -0.326 e. The molecule has 7 nitrogen and oxygen atoms in total. The Morgan fingerprint density at radius 2 is 1.56 bits per heavy atom. The number of hydrogen-bond donors (Lipinski definition) is 1. The van der Waals surface area contributed by atoms with Crippen LogP contribution < -0.4 is 11.4 Å². The molecule has 10 heteroatoms. The van der Waals surface area contributed by atoms with Crippen molar-refractivity contribution in [3.8, 4) is 22.3 Å². The van der Waals surface area contributed by atoms with Gasteiger partial charge in [0.15, 0.2) is 5.65 Å². The van der Waals surface area contributed by atoms with Gasteiger partial charge in [-0.15, -0.1) is 5.10 Å². The second-order valence-electron chi connectivity index (χ2n) is 8.43. The zero-order valence-corrected chi connectivity index (χ0v) is 19.2. The van der Waals surface area contributed by atoms with Crippen LogP contribution in [0.25, 0.3) is 27.9 Å². The molecule has 0 radical (unpaired) electrons. The van der Waals surface area contributed by atoms with Gasteiger partial charge >= 0.3 is 11.9 Å². The molecule has 36 heavy (non-hydrogen) atoms. The van der Waals surface area contributed by atoms with Gasteiger partial charge in [-0.2, -0.15) is 22.8 Å². The lowest BCUT2D eigenvalue weighted by Gasteiger charge is -2.11. The molecule has 3 aromatic heterocycles. The molecule has 0 saturated carbocycles. The number of rotatable bonds is 5. The Kier molecular flexibility index (Phi) is 5.89. The van der Waals surface area contributed by atoms with Crippen LogP contribution in [0.3, 0.4) is 0 Å². The van der Waals surface area contributed by atoms with Crippen molar-refractivity contribution in [2.24, 2.45) is 5.73 Å². The lowest BCUT2D eigenvalue weighted by Crippen LogP contribution is -2.23. The molecule has 0 atom stereocenters. The summed E-state index contributed by atoms with van der Waals surface area (Å²) in [6, 6.07) is 17.7. The molecule has 182 valence electrons. The summed E-state index contributed by atoms with van der Waals surface area (Å²) in [4.78, 5) is 16.6. The summed E-state index contributed by atoms with van der Waals surface area (Å²) in [7, 11) is 0. The molecule has 2 aromatic carbocycles. The van der Waals surface area contributed by atoms with Crippen molar-refractivity contribution in [1.82, 2.24) is 24.4 Å². The van der Waals surface area contributed by atoms with E-state index in [0.29, 0.717) is 23.3 Å². The van der Waals surface area contributed by atoms with Crippen LogP contribution in [0.1, 0.15) is 22.4 Å². The van der Waals surface area contributed by atoms with Crippen LogP contribution in [0, 0.1) is 6.92 Å². The average molecular weight is 490 g/mol. The van der Waals surface area contributed by atoms with Gasteiger partial charge in [-0.3, -0.25) is 4.98 Å². The number of hydrogen-bond acceptors (Lipinski definition) is 5. The van der Waals surface area contributed by atoms with E-state index in [4.69, 9.17) is 5.73 Å². The first-order valence-corrected chi connectivity index (χ1v) is 11.1. The number of benzene rings is 2. The van der Waals surface area contributed by atoms with Gasteiger partial charge in [0.2, 0.25) is 0 Å². The van der Waals surface area contributed by atoms with Crippen LogP contribution in [0.5, 0.6) is 0 Å². The fourth-order valence-corrected chi connectivity index (χ4v) is 3.97. The molecule has 0 saturated heterocycles. The van der Waals surface area contributed by atoms with Crippen molar-refractivity contribution in [2.45, 2.75) is 26.2 Å². The van der Waals surface area contributed by atoms with Gasteiger partial charge in [0, 0.05) is 23.9 Å². The maximum Gasteiger partial charge on any atom is 0.433 e. The molecule has 2 N–H and O–H groups in total. The van der Waals surface area contributed by atoms with Crippen molar-refractivity contribution in [1.29, 1.82) is 0 Å². The van der Waals surface area contributed by atoms with Crippen LogP contribution >= 0.6 is 0 Å². The number of aromatic nitrogens is 5. The SMILES string of the molecule is Cc1ccc(-c2cnn3c(=O)n(Cc4ccc(C(F)(F)F)nc4)nc3c2-c2ccc(CN)cc2)cc1. The summed E-state index contributed by atoms with van der Waals surface area (Å²) >= 11 is 0. The Morgan fingerprint density at radius 1 is 0.889 bits per heavy atom. The van der Waals surface area contributed by atoms with E-state index in [-0.39, 0.29) is 6.54 Å². The summed E-state index contributed by atoms with van der Waals surface area (Å²) in [6.45, 7) is 2.33. The molecule has 0 aliphatic rings. The molecule has 0 spiro atoms. The molecule has 5 rings (SSSR count). The third-order valence-corrected chi connectivity index (χ3v) is 5.90. The minimum absolute atomic E-state index is 0.0568. The molecule has 0 aliphatic heterocycles. The van der Waals surface area contributed by atoms with Gasteiger partial charge in [-0.1, -0.05) is 60.2 Å². The lowest BCUT2D eigenvalue weighted by atomic mass is 9.96. The Bertz CT molecular complexity index is 1590. The highest BCUT2D eigenvalue weighted by molar-refractivity contribution is 5.91. The topological polar surface area (TPSA) is 91.1 Å². The Morgan fingerprint density at radius 3 is 2.17 bits per heavy atom. The van der Waals surface area contributed by atoms with E-state index in [0.717, 1.165) is 40.1 Å². The van der Waals surface area contributed by atoms with Gasteiger partial charge in [0.1, 0.15) is 5.69 Å². The summed E-state index contributed by atoms with van der Waals surface area (Å²) in [5.74, 6) is 0. The molecule has 0 unspecified atom stereocenters. The number of fused-ring (bicyclic) bond motifs is 1. The van der Waals surface area contributed by atoms with Crippen LogP contribution in [0.2, 0.25) is 0 Å². The predicted molar refractivity (Wildman–Crippen MR) is 129 cm³/mol. The van der Waals surface area contributed by atoms with Crippen molar-refractivity contribution in [3.05, 3.63) is 106 Å². The molecule has 5 aromatic rings. The molecule has 0 amide bonds. The van der Waals surface area contributed by atoms with Crippen LogP contribution in [-0.4, -0.2) is 24.4 Å². The monoisotopic (exact) mass is 490 g/mol. The highest BCUT2D eigenvalue weighted by Crippen LogP contribution is 2.34. The highest BCUT2D eigenvalue weighted by atomic mass is 19.4. The standard InChI is InChI=1S/C26H21F3N6O/c1-16-2-7-19(8-3-16)21-14-32-35-24(23(21)20-9-4-17(12-30)5-10-20)33-34(25(35)36)15-18-6-11-22(31-13-18)26(27,28)29/h2-11,13-14H,12,15,30H2,1H3. The molecule has 0 fully saturated rings. The minimum atomic E-state index is -4.54. The van der Waals surface area contributed by atoms with Crippen LogP contribution in [0.4, 0.5) is 13.2 Å². The third-order valence-electron chi connectivity index (χ3n) is 5.90. The summed E-state index contributed by atoms with van der Waals surface area (Å²) in [5.41, 5.74) is 10.3. The van der Waals surface area contributed by atoms with E-state index in [9.17, 15) is 18.0 Å². The Balaban J connectivity index is 1.65. The van der Waals surface area contributed by atoms with Gasteiger partial charge in [-0.25, -0.2) is 9.48 Å². The number of aryl methyl sites for hydroxylation is 1. The molecular weight excluding hydrogens is 469 g/mol. The van der Waals surface area contributed by atoms with Gasteiger partial charge < -0.3 is 5.73 Å². The smallest absolute Gasteiger partial charge is 0.326 e. The van der Waals surface area contributed by atoms with Crippen LogP contribution in [0.15, 0.2) is 77.9 Å². The first kappa shape index (κ1) is 23.4. The van der Waals surface area contributed by atoms with Crippen LogP contribution in [-0.2, 0) is 19.3 Å². The second-order valence-corrected chi connectivity index (χ2v) is 8.43. The molecular formula is C26H21F3N6O. The number of halogens is 3. The van der Waals surface area contributed by atoms with E-state index >= 15 is 0 Å². The second kappa shape index (κ2) is 9.04. The summed E-state index contributed by atoms with van der Waals surface area (Å²) < 4.78 is 40.9. The number of nitrogens with zero attached hydrogens (tertiary/aromatic N) is 5. The maximum atomic E-state index is 13.1. The van der Waals surface area contributed by atoms with Crippen molar-refractivity contribution < 1.29 is 13.2 Å². The third kappa shape index (κ3) is 4.38.